The molecular weight excluding hydrogens is 360 g/mol. The summed E-state index contributed by atoms with van der Waals surface area (Å²) in [5, 5.41) is 0.325. The van der Waals surface area contributed by atoms with E-state index in [0.717, 1.165) is 6.07 Å². The second-order valence-electron chi connectivity index (χ2n) is 6.12. The molecule has 0 aliphatic heterocycles. The third kappa shape index (κ3) is 4.16. The molecule has 0 aromatic heterocycles. The molecule has 0 radical (unpaired) electrons. The highest BCUT2D eigenvalue weighted by Crippen LogP contribution is 2.29. The lowest BCUT2D eigenvalue weighted by Crippen LogP contribution is -2.16. The van der Waals surface area contributed by atoms with Crippen molar-refractivity contribution in [1.29, 1.82) is 0 Å². The number of rotatable bonds is 3. The molecule has 2 aromatic carbocycles. The van der Waals surface area contributed by atoms with E-state index < -0.39 is 15.8 Å². The van der Waals surface area contributed by atoms with Crippen molar-refractivity contribution in [1.82, 2.24) is 0 Å². The minimum absolute atomic E-state index is 0.00298. The molecule has 2 aromatic rings. The largest absolute Gasteiger partial charge is 0.279 e. The van der Waals surface area contributed by atoms with Crippen LogP contribution in [-0.2, 0) is 15.4 Å². The number of halogens is 3. The highest BCUT2D eigenvalue weighted by atomic mass is 35.5. The smallest absolute Gasteiger partial charge is 0.263 e. The van der Waals surface area contributed by atoms with Crippen LogP contribution in [0.25, 0.3) is 0 Å². The van der Waals surface area contributed by atoms with Crippen LogP contribution in [0, 0.1) is 5.82 Å². The maximum atomic E-state index is 14.2. The van der Waals surface area contributed by atoms with Gasteiger partial charge in [0.1, 0.15) is 10.7 Å². The van der Waals surface area contributed by atoms with Gasteiger partial charge < -0.3 is 0 Å². The summed E-state index contributed by atoms with van der Waals surface area (Å²) in [7, 11) is -3.93. The van der Waals surface area contributed by atoms with Crippen molar-refractivity contribution >= 4 is 38.9 Å². The summed E-state index contributed by atoms with van der Waals surface area (Å²) in [4.78, 5) is -0.121. The molecule has 1 N–H and O–H groups in total. The van der Waals surface area contributed by atoms with Crippen LogP contribution in [0.3, 0.4) is 0 Å². The topological polar surface area (TPSA) is 46.2 Å². The predicted molar refractivity (Wildman–Crippen MR) is 92.4 cm³/mol. The number of hydrogen-bond donors (Lipinski definition) is 1. The van der Waals surface area contributed by atoms with Crippen LogP contribution in [0.1, 0.15) is 26.3 Å². The fourth-order valence-corrected chi connectivity index (χ4v) is 3.91. The third-order valence-corrected chi connectivity index (χ3v) is 5.31. The van der Waals surface area contributed by atoms with Crippen LogP contribution in [0.15, 0.2) is 41.3 Å². The Labute approximate surface area is 145 Å². The highest BCUT2D eigenvalue weighted by Gasteiger charge is 2.21. The Morgan fingerprint density at radius 3 is 2.22 bits per heavy atom. The summed E-state index contributed by atoms with van der Waals surface area (Å²) < 4.78 is 41.2. The van der Waals surface area contributed by atoms with Gasteiger partial charge in [-0.25, -0.2) is 12.8 Å². The second-order valence-corrected chi connectivity index (χ2v) is 8.62. The molecule has 0 fully saturated rings. The van der Waals surface area contributed by atoms with Gasteiger partial charge in [-0.2, -0.15) is 0 Å². The Morgan fingerprint density at radius 2 is 1.70 bits per heavy atom. The normalized spacial score (nSPS) is 12.3. The van der Waals surface area contributed by atoms with E-state index in [1.807, 2.05) is 20.8 Å². The maximum Gasteiger partial charge on any atom is 0.263 e. The molecular formula is C16H16Cl2FNO2S. The number of nitrogens with one attached hydrogen (secondary N) is 1. The lowest BCUT2D eigenvalue weighted by molar-refractivity contribution is 0.523. The number of sulfonamides is 1. The minimum Gasteiger partial charge on any atom is -0.279 e. The molecule has 0 saturated carbocycles. The summed E-state index contributed by atoms with van der Waals surface area (Å²) in [6, 6.07) is 8.29. The molecule has 0 spiro atoms. The van der Waals surface area contributed by atoms with Gasteiger partial charge in [-0.3, -0.25) is 4.72 Å². The Balaban J connectivity index is 2.36. The first-order valence-corrected chi connectivity index (χ1v) is 9.02. The molecule has 0 heterocycles. The van der Waals surface area contributed by atoms with Crippen LogP contribution in [0.4, 0.5) is 10.1 Å². The molecule has 0 atom stereocenters. The average molecular weight is 376 g/mol. The molecule has 0 unspecified atom stereocenters. The van der Waals surface area contributed by atoms with E-state index in [4.69, 9.17) is 23.2 Å². The molecule has 0 aliphatic carbocycles. The van der Waals surface area contributed by atoms with Gasteiger partial charge in [0, 0.05) is 5.02 Å². The van der Waals surface area contributed by atoms with Gasteiger partial charge in [0.15, 0.2) is 0 Å². The number of hydrogen-bond acceptors (Lipinski definition) is 2. The van der Waals surface area contributed by atoms with Crippen molar-refractivity contribution in [2.75, 3.05) is 4.72 Å². The van der Waals surface area contributed by atoms with Gasteiger partial charge in [0.2, 0.25) is 0 Å². The van der Waals surface area contributed by atoms with Crippen molar-refractivity contribution in [2.45, 2.75) is 31.1 Å². The number of benzene rings is 2. The van der Waals surface area contributed by atoms with Gasteiger partial charge in [-0.1, -0.05) is 50.0 Å². The van der Waals surface area contributed by atoms with Crippen LogP contribution in [0.2, 0.25) is 10.0 Å². The zero-order valence-corrected chi connectivity index (χ0v) is 15.2. The lowest BCUT2D eigenvalue weighted by Gasteiger charge is -2.20. The molecule has 0 saturated heterocycles. The summed E-state index contributed by atoms with van der Waals surface area (Å²) in [5.74, 6) is -0.472. The van der Waals surface area contributed by atoms with E-state index in [-0.39, 0.29) is 21.0 Å². The monoisotopic (exact) mass is 375 g/mol. The van der Waals surface area contributed by atoms with Crippen LogP contribution in [0.5, 0.6) is 0 Å². The first-order chi connectivity index (χ1) is 10.5. The zero-order chi connectivity index (χ0) is 17.4. The predicted octanol–water partition coefficient (Wildman–Crippen LogP) is 5.23. The molecule has 2 rings (SSSR count). The second kappa shape index (κ2) is 6.30. The Morgan fingerprint density at radius 1 is 1.04 bits per heavy atom. The summed E-state index contributed by atoms with van der Waals surface area (Å²) in [5.41, 5.74) is 0.257. The van der Waals surface area contributed by atoms with Gasteiger partial charge >= 0.3 is 0 Å². The third-order valence-electron chi connectivity index (χ3n) is 3.21. The minimum atomic E-state index is -3.93. The molecule has 0 amide bonds. The van der Waals surface area contributed by atoms with E-state index >= 15 is 0 Å². The molecule has 0 aliphatic rings. The van der Waals surface area contributed by atoms with Gasteiger partial charge in [0.25, 0.3) is 10.0 Å². The first kappa shape index (κ1) is 18.0. The molecule has 0 bridgehead atoms. The van der Waals surface area contributed by atoms with E-state index in [0.29, 0.717) is 10.6 Å². The van der Waals surface area contributed by atoms with Crippen LogP contribution >= 0.6 is 23.2 Å². The Kier molecular flexibility index (Phi) is 4.95. The molecule has 23 heavy (non-hydrogen) atoms. The fraction of sp³-hybridized carbons (Fsp3) is 0.250. The fourth-order valence-electron chi connectivity index (χ4n) is 2.09. The van der Waals surface area contributed by atoms with Crippen molar-refractivity contribution in [2.24, 2.45) is 0 Å². The highest BCUT2D eigenvalue weighted by molar-refractivity contribution is 7.92. The Bertz CT molecular complexity index is 846. The van der Waals surface area contributed by atoms with E-state index in [1.54, 1.807) is 6.07 Å². The van der Waals surface area contributed by atoms with E-state index in [2.05, 4.69) is 4.72 Å². The van der Waals surface area contributed by atoms with Gasteiger partial charge in [-0.05, 0) is 41.3 Å². The van der Waals surface area contributed by atoms with Crippen molar-refractivity contribution in [3.63, 3.8) is 0 Å². The van der Waals surface area contributed by atoms with Gasteiger partial charge in [-0.15, -0.1) is 0 Å². The summed E-state index contributed by atoms with van der Waals surface area (Å²) >= 11 is 11.7. The quantitative estimate of drug-likeness (QED) is 0.797. The first-order valence-electron chi connectivity index (χ1n) is 6.78. The van der Waals surface area contributed by atoms with Crippen LogP contribution in [-0.4, -0.2) is 8.42 Å². The molecule has 3 nitrogen and oxygen atoms in total. The number of anilines is 1. The summed E-state index contributed by atoms with van der Waals surface area (Å²) in [6.45, 7) is 5.63. The summed E-state index contributed by atoms with van der Waals surface area (Å²) in [6.07, 6.45) is 0. The Hall–Kier alpha value is -1.30. The maximum absolute atomic E-state index is 14.2. The average Bonchev–Trinajstić information content (AvgIpc) is 2.35. The van der Waals surface area contributed by atoms with E-state index in [1.165, 1.54) is 24.3 Å². The SMILES string of the molecule is CC(C)(C)c1ccc(NS(=O)(=O)c2ccc(Cl)cc2Cl)cc1F. The standard InChI is InChI=1S/C16H16Cl2FNO2S/c1-16(2,3)12-6-5-11(9-14(12)19)20-23(21,22)15-7-4-10(17)8-13(15)18/h4-9,20H,1-3H3. The van der Waals surface area contributed by atoms with E-state index in [9.17, 15) is 12.8 Å². The van der Waals surface area contributed by atoms with Crippen molar-refractivity contribution < 1.29 is 12.8 Å². The van der Waals surface area contributed by atoms with Gasteiger partial charge in [0.05, 0.1) is 10.7 Å². The molecule has 124 valence electrons. The molecule has 7 heteroatoms. The van der Waals surface area contributed by atoms with Crippen molar-refractivity contribution in [3.05, 3.63) is 57.8 Å². The zero-order valence-electron chi connectivity index (χ0n) is 12.8. The lowest BCUT2D eigenvalue weighted by atomic mass is 9.86. The van der Waals surface area contributed by atoms with Crippen LogP contribution < -0.4 is 4.72 Å². The van der Waals surface area contributed by atoms with Crippen molar-refractivity contribution in [3.8, 4) is 0 Å².